The summed E-state index contributed by atoms with van der Waals surface area (Å²) < 4.78 is 0. The van der Waals surface area contributed by atoms with Gasteiger partial charge in [0.1, 0.15) is 17.1 Å². The predicted molar refractivity (Wildman–Crippen MR) is 122 cm³/mol. The van der Waals surface area contributed by atoms with Crippen molar-refractivity contribution in [3.8, 4) is 0 Å². The largest absolute Gasteiger partial charge is 0.365 e. The van der Waals surface area contributed by atoms with Gasteiger partial charge in [-0.05, 0) is 55.4 Å². The lowest BCUT2D eigenvalue weighted by Gasteiger charge is -2.25. The van der Waals surface area contributed by atoms with E-state index in [1.165, 1.54) is 11.3 Å². The summed E-state index contributed by atoms with van der Waals surface area (Å²) >= 11 is 7.28. The number of benzene rings is 1. The van der Waals surface area contributed by atoms with Gasteiger partial charge in [0.15, 0.2) is 0 Å². The number of halogens is 1. The molecule has 32 heavy (non-hydrogen) atoms. The zero-order chi connectivity index (χ0) is 23.0. The summed E-state index contributed by atoms with van der Waals surface area (Å²) in [5.41, 5.74) is 6.13. The van der Waals surface area contributed by atoms with Gasteiger partial charge in [-0.15, -0.1) is 11.3 Å². The molecule has 1 atom stereocenters. The molecular weight excluding hydrogens is 452 g/mol. The Morgan fingerprint density at radius 3 is 2.56 bits per heavy atom. The molecule has 1 aromatic carbocycles. The van der Waals surface area contributed by atoms with Crippen LogP contribution in [0.5, 0.6) is 0 Å². The van der Waals surface area contributed by atoms with Gasteiger partial charge in [-0.3, -0.25) is 19.3 Å². The van der Waals surface area contributed by atoms with E-state index in [0.29, 0.717) is 27.6 Å². The smallest absolute Gasteiger partial charge is 0.325 e. The summed E-state index contributed by atoms with van der Waals surface area (Å²) in [6, 6.07) is 6.01. The summed E-state index contributed by atoms with van der Waals surface area (Å²) in [5, 5.41) is 6.32. The van der Waals surface area contributed by atoms with Gasteiger partial charge in [0.2, 0.25) is 5.91 Å². The Hall–Kier alpha value is -2.91. The normalized spacial score (nSPS) is 20.1. The second-order valence-electron chi connectivity index (χ2n) is 7.91. The van der Waals surface area contributed by atoms with Crippen molar-refractivity contribution in [1.29, 1.82) is 0 Å². The third-order valence-corrected chi connectivity index (χ3v) is 7.47. The number of nitrogens with two attached hydrogens (primary N) is 1. The molecule has 1 aromatic heterocycles. The number of nitrogens with zero attached hydrogens (tertiary/aromatic N) is 1. The quantitative estimate of drug-likeness (QED) is 0.556. The highest BCUT2D eigenvalue weighted by Crippen LogP contribution is 2.38. The maximum atomic E-state index is 13.2. The van der Waals surface area contributed by atoms with Crippen LogP contribution in [-0.4, -0.2) is 35.2 Å². The molecule has 0 spiro atoms. The number of carbonyl (C=O) groups excluding carboxylic acids is 4. The number of rotatable bonds is 6. The molecule has 1 aliphatic carbocycles. The van der Waals surface area contributed by atoms with Crippen LogP contribution in [0.2, 0.25) is 5.02 Å². The maximum Gasteiger partial charge on any atom is 0.325 e. The number of fused-ring (bicyclic) bond motifs is 1. The molecule has 1 unspecified atom stereocenters. The van der Waals surface area contributed by atoms with Crippen molar-refractivity contribution in [2.75, 3.05) is 11.9 Å². The van der Waals surface area contributed by atoms with Crippen molar-refractivity contribution in [2.24, 2.45) is 5.73 Å². The summed E-state index contributed by atoms with van der Waals surface area (Å²) in [4.78, 5) is 52.6. The average molecular weight is 475 g/mol. The van der Waals surface area contributed by atoms with E-state index < -0.39 is 35.8 Å². The van der Waals surface area contributed by atoms with Gasteiger partial charge in [-0.2, -0.15) is 0 Å². The number of thiophene rings is 1. The molecule has 0 bridgehead atoms. The fourth-order valence-electron chi connectivity index (χ4n) is 4.37. The summed E-state index contributed by atoms with van der Waals surface area (Å²) in [6.45, 7) is 1.31. The zero-order valence-electron chi connectivity index (χ0n) is 17.5. The molecule has 168 valence electrons. The number of carbonyl (C=O) groups is 4. The molecule has 1 aliphatic heterocycles. The van der Waals surface area contributed by atoms with Gasteiger partial charge in [-0.25, -0.2) is 4.79 Å². The van der Waals surface area contributed by atoms with E-state index >= 15 is 0 Å². The van der Waals surface area contributed by atoms with Crippen LogP contribution in [0.1, 0.15) is 52.5 Å². The van der Waals surface area contributed by atoms with Gasteiger partial charge in [0, 0.05) is 9.90 Å². The Morgan fingerprint density at radius 1 is 1.22 bits per heavy atom. The highest BCUT2D eigenvalue weighted by Gasteiger charge is 2.51. The Morgan fingerprint density at radius 2 is 1.91 bits per heavy atom. The van der Waals surface area contributed by atoms with Crippen molar-refractivity contribution in [3.63, 3.8) is 0 Å². The second kappa shape index (κ2) is 8.55. The number of nitrogens with one attached hydrogen (secondary N) is 2. The van der Waals surface area contributed by atoms with Crippen LogP contribution in [0.25, 0.3) is 0 Å². The Bertz CT molecular complexity index is 1110. The van der Waals surface area contributed by atoms with Crippen LogP contribution >= 0.6 is 22.9 Å². The van der Waals surface area contributed by atoms with Crippen molar-refractivity contribution in [3.05, 3.63) is 50.9 Å². The van der Waals surface area contributed by atoms with Crippen molar-refractivity contribution in [1.82, 2.24) is 10.2 Å². The lowest BCUT2D eigenvalue weighted by Crippen LogP contribution is -2.44. The van der Waals surface area contributed by atoms with E-state index in [9.17, 15) is 19.2 Å². The molecule has 1 fully saturated rings. The molecule has 4 rings (SSSR count). The highest BCUT2D eigenvalue weighted by atomic mass is 35.5. The van der Waals surface area contributed by atoms with Crippen molar-refractivity contribution in [2.45, 2.75) is 44.6 Å². The van der Waals surface area contributed by atoms with Crippen LogP contribution in [0.4, 0.5) is 9.80 Å². The van der Waals surface area contributed by atoms with Crippen LogP contribution in [0.3, 0.4) is 0 Å². The molecule has 0 radical (unpaired) electrons. The maximum absolute atomic E-state index is 13.2. The van der Waals surface area contributed by atoms with E-state index in [1.807, 2.05) is 0 Å². The third kappa shape index (κ3) is 3.75. The van der Waals surface area contributed by atoms with Gasteiger partial charge in [0.25, 0.3) is 11.8 Å². The van der Waals surface area contributed by atoms with E-state index in [2.05, 4.69) is 10.6 Å². The zero-order valence-corrected chi connectivity index (χ0v) is 19.1. The third-order valence-electron chi connectivity index (χ3n) is 6.02. The van der Waals surface area contributed by atoms with Crippen molar-refractivity contribution < 1.29 is 19.2 Å². The first-order valence-corrected chi connectivity index (χ1v) is 11.6. The van der Waals surface area contributed by atoms with Crippen molar-refractivity contribution >= 4 is 51.7 Å². The minimum atomic E-state index is -1.26. The van der Waals surface area contributed by atoms with Crippen LogP contribution in [0, 0.1) is 0 Å². The lowest BCUT2D eigenvalue weighted by atomic mass is 9.87. The Kier molecular flexibility index (Phi) is 5.96. The molecule has 10 heteroatoms. The number of primary amides is 1. The second-order valence-corrected chi connectivity index (χ2v) is 9.46. The molecule has 4 N–H and O–H groups in total. The van der Waals surface area contributed by atoms with Gasteiger partial charge in [-0.1, -0.05) is 30.7 Å². The minimum Gasteiger partial charge on any atom is -0.365 e. The van der Waals surface area contributed by atoms with Gasteiger partial charge in [0.05, 0.1) is 5.56 Å². The van der Waals surface area contributed by atoms with E-state index in [4.69, 9.17) is 17.3 Å². The summed E-state index contributed by atoms with van der Waals surface area (Å²) in [6.07, 6.45) is 3.87. The number of hydrogen-bond donors (Lipinski definition) is 3. The molecule has 5 amide bonds. The molecule has 1 saturated heterocycles. The highest BCUT2D eigenvalue weighted by molar-refractivity contribution is 7.17. The Labute approximate surface area is 194 Å². The monoisotopic (exact) mass is 474 g/mol. The Balaban J connectivity index is 1.55. The average Bonchev–Trinajstić information content (AvgIpc) is 3.24. The van der Waals surface area contributed by atoms with E-state index in [-0.39, 0.29) is 0 Å². The summed E-state index contributed by atoms with van der Waals surface area (Å²) in [7, 11) is 0. The summed E-state index contributed by atoms with van der Waals surface area (Å²) in [5.74, 6) is -1.68. The fourth-order valence-corrected chi connectivity index (χ4v) is 5.80. The first kappa shape index (κ1) is 22.3. The standard InChI is InChI=1S/C22H23ClN4O4S/c1-2-22(12-7-9-13(23)10-8-12)20(30)27(21(31)26-22)11-16(28)25-19-17(18(24)29)14-5-3-4-6-15(14)32-19/h7-10H,2-6,11H2,1H3,(H2,24,29)(H,25,28)(H,26,31). The SMILES string of the molecule is CCC1(c2ccc(Cl)cc2)NC(=O)N(CC(=O)Nc2sc3c(c2C(N)=O)CCCC3)C1=O. The molecular formula is C22H23ClN4O4S. The fraction of sp³-hybridized carbons (Fsp3) is 0.364. The number of amides is 5. The first-order chi connectivity index (χ1) is 15.3. The van der Waals surface area contributed by atoms with Crippen LogP contribution in [-0.2, 0) is 28.0 Å². The first-order valence-electron chi connectivity index (χ1n) is 10.4. The molecule has 2 heterocycles. The van der Waals surface area contributed by atoms with E-state index in [1.54, 1.807) is 31.2 Å². The van der Waals surface area contributed by atoms with Crippen LogP contribution < -0.4 is 16.4 Å². The lowest BCUT2D eigenvalue weighted by molar-refractivity contribution is -0.134. The topological polar surface area (TPSA) is 122 Å². The van der Waals surface area contributed by atoms with Gasteiger partial charge >= 0.3 is 6.03 Å². The van der Waals surface area contributed by atoms with Crippen LogP contribution in [0.15, 0.2) is 24.3 Å². The number of hydrogen-bond acceptors (Lipinski definition) is 5. The molecule has 2 aromatic rings. The van der Waals surface area contributed by atoms with Gasteiger partial charge < -0.3 is 16.4 Å². The molecule has 2 aliphatic rings. The minimum absolute atomic E-state index is 0.306. The number of urea groups is 1. The number of anilines is 1. The van der Waals surface area contributed by atoms with E-state index in [0.717, 1.165) is 41.0 Å². The number of aryl methyl sites for hydroxylation is 1. The predicted octanol–water partition coefficient (Wildman–Crippen LogP) is 3.18. The number of imide groups is 1. The molecule has 0 saturated carbocycles. The molecule has 8 nitrogen and oxygen atoms in total.